The van der Waals surface area contributed by atoms with Crippen LogP contribution in [0.2, 0.25) is 0 Å². The smallest absolute Gasteiger partial charge is 0.0594 e. The van der Waals surface area contributed by atoms with Crippen molar-refractivity contribution in [1.29, 1.82) is 0 Å². The molecule has 1 aromatic rings. The predicted molar refractivity (Wildman–Crippen MR) is 99.8 cm³/mol. The van der Waals surface area contributed by atoms with E-state index < -0.39 is 0 Å². The number of hydrogen-bond acceptors (Lipinski definition) is 4. The summed E-state index contributed by atoms with van der Waals surface area (Å²) in [6.45, 7) is 6.83. The van der Waals surface area contributed by atoms with Gasteiger partial charge < -0.3 is 14.8 Å². The average molecular weight is 344 g/mol. The van der Waals surface area contributed by atoms with Gasteiger partial charge in [0.05, 0.1) is 19.8 Å². The largest absolute Gasteiger partial charge is 0.381 e. The number of ether oxygens (including phenoxy) is 2. The standard InChI is InChI=1S/C21H32N2O2/c1-2-4-17(5-3-1)14-20(18-6-7-18)22-15-21(19-8-11-25-16-19)23-9-12-24-13-10-23/h1-5,18-22H,6-16H2/t19-,20+,21+/m1/s1. The second-order valence-electron chi connectivity index (χ2n) is 7.88. The highest BCUT2D eigenvalue weighted by molar-refractivity contribution is 5.16. The van der Waals surface area contributed by atoms with Crippen molar-refractivity contribution in [2.75, 3.05) is 46.1 Å². The second-order valence-corrected chi connectivity index (χ2v) is 7.88. The molecule has 0 bridgehead atoms. The molecule has 0 aromatic heterocycles. The topological polar surface area (TPSA) is 33.7 Å². The predicted octanol–water partition coefficient (Wildman–Crippen LogP) is 2.33. The van der Waals surface area contributed by atoms with Gasteiger partial charge in [-0.25, -0.2) is 0 Å². The fourth-order valence-electron chi connectivity index (χ4n) is 4.40. The quantitative estimate of drug-likeness (QED) is 0.785. The summed E-state index contributed by atoms with van der Waals surface area (Å²) < 4.78 is 11.3. The lowest BCUT2D eigenvalue weighted by Crippen LogP contribution is -2.53. The Hall–Kier alpha value is -0.940. The van der Waals surface area contributed by atoms with Crippen LogP contribution in [0.3, 0.4) is 0 Å². The SMILES string of the molecule is c1ccc(C[C@H](NC[C@@H]([C@@H]2CCOC2)N2CCOCC2)C2CC2)cc1. The van der Waals surface area contributed by atoms with Crippen molar-refractivity contribution in [3.8, 4) is 0 Å². The van der Waals surface area contributed by atoms with Crippen molar-refractivity contribution >= 4 is 0 Å². The molecular weight excluding hydrogens is 312 g/mol. The van der Waals surface area contributed by atoms with Gasteiger partial charge in [-0.15, -0.1) is 0 Å². The zero-order valence-corrected chi connectivity index (χ0v) is 15.2. The van der Waals surface area contributed by atoms with Gasteiger partial charge in [0.15, 0.2) is 0 Å². The summed E-state index contributed by atoms with van der Waals surface area (Å²) in [4.78, 5) is 2.64. The van der Waals surface area contributed by atoms with Crippen molar-refractivity contribution in [3.63, 3.8) is 0 Å². The Kier molecular flexibility index (Phi) is 6.03. The Morgan fingerprint density at radius 2 is 1.76 bits per heavy atom. The van der Waals surface area contributed by atoms with Gasteiger partial charge in [0, 0.05) is 44.2 Å². The van der Waals surface area contributed by atoms with E-state index in [2.05, 4.69) is 40.5 Å². The van der Waals surface area contributed by atoms with Gasteiger partial charge in [-0.1, -0.05) is 30.3 Å². The van der Waals surface area contributed by atoms with Gasteiger partial charge in [0.2, 0.25) is 0 Å². The fourth-order valence-corrected chi connectivity index (χ4v) is 4.40. The molecule has 3 atom stereocenters. The summed E-state index contributed by atoms with van der Waals surface area (Å²) in [5, 5.41) is 3.97. The van der Waals surface area contributed by atoms with Gasteiger partial charge in [0.1, 0.15) is 0 Å². The molecule has 4 rings (SSSR count). The minimum absolute atomic E-state index is 0.587. The van der Waals surface area contributed by atoms with Crippen LogP contribution in [0.1, 0.15) is 24.8 Å². The summed E-state index contributed by atoms with van der Waals surface area (Å²) in [7, 11) is 0. The molecule has 1 N–H and O–H groups in total. The summed E-state index contributed by atoms with van der Waals surface area (Å²) in [5.74, 6) is 1.53. The van der Waals surface area contributed by atoms with Crippen molar-refractivity contribution in [2.45, 2.75) is 37.8 Å². The first-order chi connectivity index (χ1) is 12.4. The molecule has 2 aliphatic heterocycles. The first kappa shape index (κ1) is 17.5. The van der Waals surface area contributed by atoms with Crippen molar-refractivity contribution < 1.29 is 9.47 Å². The molecule has 3 fully saturated rings. The maximum Gasteiger partial charge on any atom is 0.0594 e. The number of nitrogens with zero attached hydrogens (tertiary/aromatic N) is 1. The summed E-state index contributed by atoms with van der Waals surface area (Å²) in [5.41, 5.74) is 1.46. The molecule has 1 aliphatic carbocycles. The van der Waals surface area contributed by atoms with E-state index in [0.717, 1.165) is 58.4 Å². The lowest BCUT2D eigenvalue weighted by atomic mass is 9.95. The highest BCUT2D eigenvalue weighted by Gasteiger charge is 2.35. The minimum Gasteiger partial charge on any atom is -0.381 e. The van der Waals surface area contributed by atoms with Crippen molar-refractivity contribution in [2.24, 2.45) is 11.8 Å². The van der Waals surface area contributed by atoms with Crippen LogP contribution in [0.15, 0.2) is 30.3 Å². The van der Waals surface area contributed by atoms with Gasteiger partial charge in [-0.05, 0) is 37.2 Å². The van der Waals surface area contributed by atoms with Crippen LogP contribution in [0.5, 0.6) is 0 Å². The van der Waals surface area contributed by atoms with Crippen LogP contribution in [0.4, 0.5) is 0 Å². The van der Waals surface area contributed by atoms with E-state index in [1.165, 1.54) is 24.8 Å². The number of hydrogen-bond donors (Lipinski definition) is 1. The molecule has 0 radical (unpaired) electrons. The Morgan fingerprint density at radius 1 is 0.960 bits per heavy atom. The summed E-state index contributed by atoms with van der Waals surface area (Å²) in [6, 6.07) is 12.2. The average Bonchev–Trinajstić information content (AvgIpc) is 3.38. The zero-order chi connectivity index (χ0) is 16.9. The Labute approximate surface area is 151 Å². The van der Waals surface area contributed by atoms with Gasteiger partial charge in [0.25, 0.3) is 0 Å². The molecule has 0 unspecified atom stereocenters. The van der Waals surface area contributed by atoms with E-state index in [1.54, 1.807) is 0 Å². The molecule has 2 saturated heterocycles. The van der Waals surface area contributed by atoms with Crippen LogP contribution in [0.25, 0.3) is 0 Å². The highest BCUT2D eigenvalue weighted by atomic mass is 16.5. The maximum absolute atomic E-state index is 5.71. The van der Waals surface area contributed by atoms with Crippen LogP contribution in [0, 0.1) is 11.8 Å². The monoisotopic (exact) mass is 344 g/mol. The zero-order valence-electron chi connectivity index (χ0n) is 15.2. The Morgan fingerprint density at radius 3 is 2.44 bits per heavy atom. The third-order valence-corrected chi connectivity index (χ3v) is 6.10. The normalized spacial score (nSPS) is 27.3. The van der Waals surface area contributed by atoms with Gasteiger partial charge in [-0.2, -0.15) is 0 Å². The molecule has 1 aromatic carbocycles. The van der Waals surface area contributed by atoms with Crippen LogP contribution < -0.4 is 5.32 Å². The molecule has 138 valence electrons. The summed E-state index contributed by atoms with van der Waals surface area (Å²) in [6.07, 6.45) is 5.14. The second kappa shape index (κ2) is 8.63. The van der Waals surface area contributed by atoms with E-state index in [-0.39, 0.29) is 0 Å². The first-order valence-electron chi connectivity index (χ1n) is 10.1. The van der Waals surface area contributed by atoms with Crippen LogP contribution >= 0.6 is 0 Å². The lowest BCUT2D eigenvalue weighted by Gasteiger charge is -2.38. The minimum atomic E-state index is 0.587. The fraction of sp³-hybridized carbons (Fsp3) is 0.714. The van der Waals surface area contributed by atoms with Crippen molar-refractivity contribution in [1.82, 2.24) is 10.2 Å². The molecule has 0 amide bonds. The number of morpholine rings is 1. The Balaban J connectivity index is 1.37. The van der Waals surface area contributed by atoms with E-state index in [0.29, 0.717) is 18.0 Å². The van der Waals surface area contributed by atoms with Crippen LogP contribution in [-0.2, 0) is 15.9 Å². The highest BCUT2D eigenvalue weighted by Crippen LogP contribution is 2.34. The first-order valence-corrected chi connectivity index (χ1v) is 10.1. The summed E-state index contributed by atoms with van der Waals surface area (Å²) >= 11 is 0. The molecular formula is C21H32N2O2. The lowest BCUT2D eigenvalue weighted by molar-refractivity contribution is 0.000652. The number of benzene rings is 1. The van der Waals surface area contributed by atoms with E-state index >= 15 is 0 Å². The van der Waals surface area contributed by atoms with Crippen molar-refractivity contribution in [3.05, 3.63) is 35.9 Å². The van der Waals surface area contributed by atoms with E-state index in [1.807, 2.05) is 0 Å². The third-order valence-electron chi connectivity index (χ3n) is 6.10. The molecule has 0 spiro atoms. The Bertz CT molecular complexity index is 508. The van der Waals surface area contributed by atoms with Crippen LogP contribution in [-0.4, -0.2) is 63.0 Å². The number of nitrogens with one attached hydrogen (secondary N) is 1. The molecule has 25 heavy (non-hydrogen) atoms. The molecule has 4 heteroatoms. The maximum atomic E-state index is 5.71. The number of rotatable bonds is 8. The molecule has 3 aliphatic rings. The molecule has 1 saturated carbocycles. The molecule has 2 heterocycles. The van der Waals surface area contributed by atoms with Gasteiger partial charge in [-0.3, -0.25) is 4.90 Å². The van der Waals surface area contributed by atoms with E-state index in [9.17, 15) is 0 Å². The van der Waals surface area contributed by atoms with E-state index in [4.69, 9.17) is 9.47 Å². The molecule has 4 nitrogen and oxygen atoms in total. The van der Waals surface area contributed by atoms with Gasteiger partial charge >= 0.3 is 0 Å². The third kappa shape index (κ3) is 4.82.